The fraction of sp³-hybridized carbons (Fsp3) is 0.424. The van der Waals surface area contributed by atoms with Crippen LogP contribution in [0.3, 0.4) is 0 Å². The number of halogens is 1. The lowest BCUT2D eigenvalue weighted by Crippen LogP contribution is -2.59. The van der Waals surface area contributed by atoms with Crippen molar-refractivity contribution >= 4 is 35.1 Å². The maximum absolute atomic E-state index is 14.8. The zero-order valence-corrected chi connectivity index (χ0v) is 24.5. The van der Waals surface area contributed by atoms with E-state index in [2.05, 4.69) is 13.2 Å². The first kappa shape index (κ1) is 30.0. The fourth-order valence-electron chi connectivity index (χ4n) is 7.31. The molecule has 0 radical (unpaired) electrons. The van der Waals surface area contributed by atoms with E-state index in [0.717, 1.165) is 5.56 Å². The number of benzene rings is 2. The van der Waals surface area contributed by atoms with Gasteiger partial charge in [-0.25, -0.2) is 0 Å². The van der Waals surface area contributed by atoms with Crippen LogP contribution < -0.4 is 4.90 Å². The summed E-state index contributed by atoms with van der Waals surface area (Å²) in [5.74, 6) is -3.18. The molecule has 9 heteroatoms. The Morgan fingerprint density at radius 2 is 1.88 bits per heavy atom. The van der Waals surface area contributed by atoms with E-state index < -0.39 is 52.9 Å². The summed E-state index contributed by atoms with van der Waals surface area (Å²) in [6.45, 7) is 9.16. The quantitative estimate of drug-likeness (QED) is 0.291. The first-order chi connectivity index (χ1) is 20.3. The molecule has 42 heavy (non-hydrogen) atoms. The van der Waals surface area contributed by atoms with Crippen molar-refractivity contribution < 1.29 is 29.0 Å². The number of hydrogen-bond donors (Lipinski definition) is 1. The summed E-state index contributed by atoms with van der Waals surface area (Å²) in [5, 5.41) is 11.1. The number of hydrogen-bond acceptors (Lipinski definition) is 6. The summed E-state index contributed by atoms with van der Waals surface area (Å²) >= 11 is 6.56. The Bertz CT molecular complexity index is 1370. The van der Waals surface area contributed by atoms with Crippen molar-refractivity contribution in [3.63, 3.8) is 0 Å². The lowest BCUT2D eigenvalue weighted by molar-refractivity contribution is -0.161. The molecule has 2 unspecified atom stereocenters. The van der Waals surface area contributed by atoms with Crippen LogP contribution in [0.15, 0.2) is 79.9 Å². The predicted octanol–water partition coefficient (Wildman–Crippen LogP) is 4.35. The third-order valence-electron chi connectivity index (χ3n) is 9.09. The molecule has 222 valence electrons. The Kier molecular flexibility index (Phi) is 8.60. The highest BCUT2D eigenvalue weighted by Gasteiger charge is 2.79. The number of para-hydroxylation sites is 1. The highest BCUT2D eigenvalue weighted by atomic mass is 35.5. The number of anilines is 1. The Morgan fingerprint density at radius 1 is 1.17 bits per heavy atom. The average molecular weight is 593 g/mol. The van der Waals surface area contributed by atoms with Gasteiger partial charge in [-0.05, 0) is 43.4 Å². The van der Waals surface area contributed by atoms with E-state index in [0.29, 0.717) is 36.4 Å². The average Bonchev–Trinajstić information content (AvgIpc) is 3.61. The lowest BCUT2D eigenvalue weighted by atomic mass is 9.65. The number of aliphatic hydroxyl groups is 1. The van der Waals surface area contributed by atoms with Crippen molar-refractivity contribution in [1.29, 1.82) is 0 Å². The molecule has 3 aliphatic rings. The van der Waals surface area contributed by atoms with Crippen molar-refractivity contribution in [2.24, 2.45) is 11.8 Å². The molecule has 3 saturated heterocycles. The summed E-state index contributed by atoms with van der Waals surface area (Å²) in [7, 11) is 0. The minimum Gasteiger partial charge on any atom is -0.461 e. The number of carbonyl (C=O) groups excluding carboxylic acids is 3. The van der Waals surface area contributed by atoms with Crippen LogP contribution in [0.25, 0.3) is 0 Å². The van der Waals surface area contributed by atoms with Crippen LogP contribution in [0.4, 0.5) is 5.69 Å². The second-order valence-electron chi connectivity index (χ2n) is 11.2. The highest BCUT2D eigenvalue weighted by molar-refractivity contribution is 6.34. The van der Waals surface area contributed by atoms with Gasteiger partial charge in [0.15, 0.2) is 0 Å². The van der Waals surface area contributed by atoms with Gasteiger partial charge in [-0.15, -0.1) is 6.58 Å². The molecule has 1 spiro atoms. The lowest BCUT2D eigenvalue weighted by Gasteiger charge is -2.39. The number of carbonyl (C=O) groups is 3. The van der Waals surface area contributed by atoms with E-state index in [1.54, 1.807) is 30.3 Å². The number of fused-ring (bicyclic) bond motifs is 1. The largest absolute Gasteiger partial charge is 0.461 e. The normalized spacial score (nSPS) is 28.3. The van der Waals surface area contributed by atoms with E-state index >= 15 is 0 Å². The van der Waals surface area contributed by atoms with Crippen LogP contribution >= 0.6 is 11.6 Å². The van der Waals surface area contributed by atoms with Crippen LogP contribution in [-0.2, 0) is 30.3 Å². The summed E-state index contributed by atoms with van der Waals surface area (Å²) in [6, 6.07) is 14.6. The van der Waals surface area contributed by atoms with Gasteiger partial charge in [0.2, 0.25) is 5.91 Å². The molecule has 0 saturated carbocycles. The van der Waals surface area contributed by atoms with E-state index in [-0.39, 0.29) is 19.8 Å². The minimum absolute atomic E-state index is 0.00199. The first-order valence-electron chi connectivity index (χ1n) is 14.4. The molecule has 2 aromatic rings. The maximum atomic E-state index is 14.8. The maximum Gasteiger partial charge on any atom is 0.313 e. The number of rotatable bonds is 12. The molecule has 8 nitrogen and oxygen atoms in total. The number of ether oxygens (including phenoxy) is 2. The van der Waals surface area contributed by atoms with Crippen molar-refractivity contribution in [1.82, 2.24) is 4.90 Å². The second-order valence-corrected chi connectivity index (χ2v) is 11.6. The molecule has 2 aromatic carbocycles. The molecule has 3 fully saturated rings. The number of esters is 1. The summed E-state index contributed by atoms with van der Waals surface area (Å²) < 4.78 is 12.3. The van der Waals surface area contributed by atoms with Gasteiger partial charge < -0.3 is 24.4 Å². The molecule has 0 aliphatic carbocycles. The monoisotopic (exact) mass is 592 g/mol. The van der Waals surface area contributed by atoms with E-state index in [4.69, 9.17) is 21.1 Å². The zero-order chi connectivity index (χ0) is 30.1. The van der Waals surface area contributed by atoms with Crippen molar-refractivity contribution in [2.75, 3.05) is 24.7 Å². The third-order valence-corrected chi connectivity index (χ3v) is 9.41. The number of likely N-dealkylation sites (tertiary alicyclic amines) is 1. The molecule has 0 aromatic heterocycles. The molecule has 5 rings (SSSR count). The van der Waals surface area contributed by atoms with E-state index in [1.165, 1.54) is 15.9 Å². The Balaban J connectivity index is 1.65. The minimum atomic E-state index is -1.28. The molecule has 6 atom stereocenters. The van der Waals surface area contributed by atoms with Crippen LogP contribution in [0.1, 0.15) is 31.7 Å². The van der Waals surface area contributed by atoms with Crippen molar-refractivity contribution in [3.8, 4) is 0 Å². The van der Waals surface area contributed by atoms with Gasteiger partial charge in [0.25, 0.3) is 5.91 Å². The zero-order valence-electron chi connectivity index (χ0n) is 23.8. The summed E-state index contributed by atoms with van der Waals surface area (Å²) in [4.78, 5) is 46.0. The van der Waals surface area contributed by atoms with Gasteiger partial charge >= 0.3 is 5.97 Å². The first-order valence-corrected chi connectivity index (χ1v) is 14.8. The molecule has 1 N–H and O–H groups in total. The summed E-state index contributed by atoms with van der Waals surface area (Å²) in [6.07, 6.45) is 4.77. The summed E-state index contributed by atoms with van der Waals surface area (Å²) in [5.41, 5.74) is -0.853. The van der Waals surface area contributed by atoms with Crippen LogP contribution in [0.5, 0.6) is 0 Å². The van der Waals surface area contributed by atoms with Gasteiger partial charge in [-0.1, -0.05) is 79.7 Å². The van der Waals surface area contributed by atoms with Gasteiger partial charge in [-0.2, -0.15) is 0 Å². The molecular formula is C33H37ClN2O6. The molecule has 2 bridgehead atoms. The second kappa shape index (κ2) is 12.0. The van der Waals surface area contributed by atoms with Crippen LogP contribution in [0, 0.1) is 11.8 Å². The van der Waals surface area contributed by atoms with Gasteiger partial charge in [-0.3, -0.25) is 14.4 Å². The number of amides is 2. The number of nitrogens with zero attached hydrogens (tertiary/aromatic N) is 2. The van der Waals surface area contributed by atoms with Gasteiger partial charge in [0, 0.05) is 6.54 Å². The van der Waals surface area contributed by atoms with Crippen molar-refractivity contribution in [2.45, 2.75) is 55.9 Å². The van der Waals surface area contributed by atoms with Crippen molar-refractivity contribution in [3.05, 3.63) is 90.5 Å². The fourth-order valence-corrected chi connectivity index (χ4v) is 7.55. The SMILES string of the molecule is C=CCOC(=O)[C@@H]1[C@H]2C(=O)N([C@@H](CO)Cc3ccccc3)C(C(=O)N(CC=C)c3ccccc3Cl)C23CC[C@@]1(CC)O3. The molecular weight excluding hydrogens is 556 g/mol. The van der Waals surface area contributed by atoms with E-state index in [1.807, 2.05) is 37.3 Å². The predicted molar refractivity (Wildman–Crippen MR) is 160 cm³/mol. The highest BCUT2D eigenvalue weighted by Crippen LogP contribution is 2.65. The van der Waals surface area contributed by atoms with Gasteiger partial charge in [0.05, 0.1) is 34.9 Å². The molecule has 2 amide bonds. The molecule has 3 heterocycles. The Morgan fingerprint density at radius 3 is 2.52 bits per heavy atom. The Labute approximate surface area is 251 Å². The standard InChI is InChI=1S/C33H37ClN2O6/c1-4-18-35(25-15-11-10-14-24(25)34)30(39)28-33-17-16-32(6-3,42-33)27(31(40)41-19-5-2)26(33)29(38)36(28)23(21-37)20-22-12-8-7-9-13-22/h4-5,7-15,23,26-28,37H,1-2,6,16-21H2,3H3/t23-,26+,27+,28?,32-,33?/m1/s1. The smallest absolute Gasteiger partial charge is 0.313 e. The topological polar surface area (TPSA) is 96.4 Å². The van der Waals surface area contributed by atoms with Gasteiger partial charge in [0.1, 0.15) is 24.2 Å². The Hall–Kier alpha value is -3.46. The molecule has 3 aliphatic heterocycles. The third kappa shape index (κ3) is 4.75. The van der Waals surface area contributed by atoms with Crippen LogP contribution in [0.2, 0.25) is 5.02 Å². The number of aliphatic hydroxyl groups excluding tert-OH is 1. The van der Waals surface area contributed by atoms with Crippen LogP contribution in [-0.4, -0.2) is 70.8 Å². The van der Waals surface area contributed by atoms with E-state index in [9.17, 15) is 19.5 Å².